The SMILES string of the molecule is Cc1nc(Nc2cnccn2)cc([C@@H]2CCCN2C(=O)c2cnccn2)n1. The molecular formula is C18H18N8O. The fourth-order valence-corrected chi connectivity index (χ4v) is 3.19. The predicted octanol–water partition coefficient (Wildman–Crippen LogP) is 2.09. The molecule has 0 bridgehead atoms. The van der Waals surface area contributed by atoms with E-state index in [1.54, 1.807) is 29.7 Å². The van der Waals surface area contributed by atoms with E-state index in [9.17, 15) is 4.79 Å². The largest absolute Gasteiger partial charge is 0.329 e. The van der Waals surface area contributed by atoms with Crippen molar-refractivity contribution < 1.29 is 4.79 Å². The highest BCUT2D eigenvalue weighted by Crippen LogP contribution is 2.33. The molecule has 0 unspecified atom stereocenters. The standard InChI is InChI=1S/C18H18N8O/c1-12-23-13(9-16(24-12)25-17-11-20-5-7-22-17)15-3-2-8-26(15)18(27)14-10-19-4-6-21-14/h4-7,9-11,15H,2-3,8H2,1H3,(H,22,23,24,25)/t15-/m0/s1. The number of carbonyl (C=O) groups is 1. The Bertz CT molecular complexity index is 935. The molecule has 27 heavy (non-hydrogen) atoms. The number of hydrogen-bond acceptors (Lipinski definition) is 8. The van der Waals surface area contributed by atoms with Crippen molar-refractivity contribution in [2.24, 2.45) is 0 Å². The number of nitrogens with zero attached hydrogens (tertiary/aromatic N) is 7. The molecule has 0 aromatic carbocycles. The molecular weight excluding hydrogens is 344 g/mol. The molecule has 1 N–H and O–H groups in total. The number of rotatable bonds is 4. The summed E-state index contributed by atoms with van der Waals surface area (Å²) in [7, 11) is 0. The molecule has 3 aromatic rings. The van der Waals surface area contributed by atoms with Crippen LogP contribution in [0.2, 0.25) is 0 Å². The Labute approximate surface area is 156 Å². The van der Waals surface area contributed by atoms with Crippen LogP contribution in [0.5, 0.6) is 0 Å². The van der Waals surface area contributed by atoms with Gasteiger partial charge >= 0.3 is 0 Å². The summed E-state index contributed by atoms with van der Waals surface area (Å²) < 4.78 is 0. The Morgan fingerprint density at radius 1 is 1.07 bits per heavy atom. The Balaban J connectivity index is 1.61. The van der Waals surface area contributed by atoms with Crippen molar-refractivity contribution >= 4 is 17.5 Å². The minimum absolute atomic E-state index is 0.122. The van der Waals surface area contributed by atoms with Gasteiger partial charge in [-0.1, -0.05) is 0 Å². The highest BCUT2D eigenvalue weighted by atomic mass is 16.2. The number of anilines is 2. The first-order chi connectivity index (χ1) is 13.2. The van der Waals surface area contributed by atoms with E-state index in [4.69, 9.17) is 0 Å². The van der Waals surface area contributed by atoms with Crippen LogP contribution in [0.1, 0.15) is 40.9 Å². The first-order valence-electron chi connectivity index (χ1n) is 8.66. The number of likely N-dealkylation sites (tertiary alicyclic amines) is 1. The topological polar surface area (TPSA) is 110 Å². The molecule has 0 aliphatic carbocycles. The van der Waals surface area contributed by atoms with Crippen LogP contribution in [0.25, 0.3) is 0 Å². The molecule has 9 heteroatoms. The molecule has 3 aromatic heterocycles. The molecule has 1 saturated heterocycles. The predicted molar refractivity (Wildman–Crippen MR) is 97.1 cm³/mol. The Morgan fingerprint density at radius 3 is 2.63 bits per heavy atom. The number of nitrogens with one attached hydrogen (secondary N) is 1. The summed E-state index contributed by atoms with van der Waals surface area (Å²) in [5.41, 5.74) is 1.14. The summed E-state index contributed by atoms with van der Waals surface area (Å²) >= 11 is 0. The molecule has 4 heterocycles. The number of aryl methyl sites for hydroxylation is 1. The zero-order chi connectivity index (χ0) is 18.6. The molecule has 1 atom stereocenters. The third-order valence-electron chi connectivity index (χ3n) is 4.31. The van der Waals surface area contributed by atoms with Gasteiger partial charge in [0.2, 0.25) is 0 Å². The molecule has 0 saturated carbocycles. The van der Waals surface area contributed by atoms with E-state index in [2.05, 4.69) is 35.2 Å². The second-order valence-corrected chi connectivity index (χ2v) is 6.19. The summed E-state index contributed by atoms with van der Waals surface area (Å²) in [6.45, 7) is 2.49. The maximum Gasteiger partial charge on any atom is 0.274 e. The average molecular weight is 362 g/mol. The van der Waals surface area contributed by atoms with Crippen molar-refractivity contribution in [2.45, 2.75) is 25.8 Å². The lowest BCUT2D eigenvalue weighted by molar-refractivity contribution is 0.0726. The van der Waals surface area contributed by atoms with Gasteiger partial charge in [-0.3, -0.25) is 14.8 Å². The molecule has 9 nitrogen and oxygen atoms in total. The van der Waals surface area contributed by atoms with Gasteiger partial charge < -0.3 is 10.2 Å². The number of hydrogen-bond donors (Lipinski definition) is 1. The van der Waals surface area contributed by atoms with Gasteiger partial charge in [0.1, 0.15) is 23.2 Å². The first kappa shape index (κ1) is 17.0. The Kier molecular flexibility index (Phi) is 4.65. The Hall–Kier alpha value is -3.49. The van der Waals surface area contributed by atoms with Crippen molar-refractivity contribution in [1.29, 1.82) is 0 Å². The lowest BCUT2D eigenvalue weighted by Crippen LogP contribution is -2.31. The third kappa shape index (κ3) is 3.71. The van der Waals surface area contributed by atoms with Crippen LogP contribution < -0.4 is 5.32 Å². The minimum Gasteiger partial charge on any atom is -0.329 e. The second-order valence-electron chi connectivity index (χ2n) is 6.19. The van der Waals surface area contributed by atoms with Gasteiger partial charge in [-0.05, 0) is 19.8 Å². The third-order valence-corrected chi connectivity index (χ3v) is 4.31. The number of carbonyl (C=O) groups excluding carboxylic acids is 1. The van der Waals surface area contributed by atoms with E-state index in [0.29, 0.717) is 29.7 Å². The van der Waals surface area contributed by atoms with Crippen molar-refractivity contribution in [1.82, 2.24) is 34.8 Å². The maximum absolute atomic E-state index is 12.8. The summed E-state index contributed by atoms with van der Waals surface area (Å²) in [4.78, 5) is 40.0. The zero-order valence-corrected chi connectivity index (χ0v) is 14.8. The van der Waals surface area contributed by atoms with Crippen LogP contribution in [0.4, 0.5) is 11.6 Å². The van der Waals surface area contributed by atoms with E-state index in [-0.39, 0.29) is 11.9 Å². The lowest BCUT2D eigenvalue weighted by atomic mass is 10.1. The molecule has 1 amide bonds. The van der Waals surface area contributed by atoms with Crippen LogP contribution in [0.3, 0.4) is 0 Å². The van der Waals surface area contributed by atoms with Crippen LogP contribution in [-0.4, -0.2) is 47.3 Å². The highest BCUT2D eigenvalue weighted by molar-refractivity contribution is 5.92. The number of amides is 1. The van der Waals surface area contributed by atoms with Crippen molar-refractivity contribution in [3.63, 3.8) is 0 Å². The number of aromatic nitrogens is 6. The summed E-state index contributed by atoms with van der Waals surface area (Å²) in [6, 6.07) is 1.73. The van der Waals surface area contributed by atoms with E-state index in [1.165, 1.54) is 12.4 Å². The normalized spacial score (nSPS) is 16.3. The van der Waals surface area contributed by atoms with Gasteiger partial charge in [0.25, 0.3) is 5.91 Å². The average Bonchev–Trinajstić information content (AvgIpc) is 3.18. The fraction of sp³-hybridized carbons (Fsp3) is 0.278. The van der Waals surface area contributed by atoms with Crippen molar-refractivity contribution in [3.05, 3.63) is 60.5 Å². The van der Waals surface area contributed by atoms with E-state index >= 15 is 0 Å². The minimum atomic E-state index is -0.134. The highest BCUT2D eigenvalue weighted by Gasteiger charge is 2.32. The molecule has 4 rings (SSSR count). The van der Waals surface area contributed by atoms with Gasteiger partial charge in [-0.15, -0.1) is 0 Å². The van der Waals surface area contributed by atoms with Gasteiger partial charge in [0, 0.05) is 37.4 Å². The van der Waals surface area contributed by atoms with Crippen LogP contribution >= 0.6 is 0 Å². The molecule has 1 aliphatic rings. The molecule has 0 spiro atoms. The van der Waals surface area contributed by atoms with Gasteiger partial charge in [-0.2, -0.15) is 0 Å². The van der Waals surface area contributed by atoms with E-state index < -0.39 is 0 Å². The quantitative estimate of drug-likeness (QED) is 0.751. The summed E-state index contributed by atoms with van der Waals surface area (Å²) in [5, 5.41) is 3.13. The molecule has 1 aliphatic heterocycles. The molecule has 136 valence electrons. The van der Waals surface area contributed by atoms with Crippen LogP contribution in [-0.2, 0) is 0 Å². The fourth-order valence-electron chi connectivity index (χ4n) is 3.19. The van der Waals surface area contributed by atoms with E-state index in [1.807, 2.05) is 13.0 Å². The van der Waals surface area contributed by atoms with Gasteiger partial charge in [0.05, 0.1) is 24.1 Å². The summed E-state index contributed by atoms with van der Waals surface area (Å²) in [5.74, 6) is 1.71. The zero-order valence-electron chi connectivity index (χ0n) is 14.8. The van der Waals surface area contributed by atoms with E-state index in [0.717, 1.165) is 18.5 Å². The van der Waals surface area contributed by atoms with Gasteiger partial charge in [0.15, 0.2) is 0 Å². The summed E-state index contributed by atoms with van der Waals surface area (Å²) in [6.07, 6.45) is 11.2. The molecule has 1 fully saturated rings. The lowest BCUT2D eigenvalue weighted by Gasteiger charge is -2.24. The van der Waals surface area contributed by atoms with Gasteiger partial charge in [-0.25, -0.2) is 19.9 Å². The molecule has 0 radical (unpaired) electrons. The van der Waals surface area contributed by atoms with Crippen LogP contribution in [0, 0.1) is 6.92 Å². The van der Waals surface area contributed by atoms with Crippen LogP contribution in [0.15, 0.2) is 43.2 Å². The smallest absolute Gasteiger partial charge is 0.274 e. The monoisotopic (exact) mass is 362 g/mol. The second kappa shape index (κ2) is 7.40. The Morgan fingerprint density at radius 2 is 1.89 bits per heavy atom. The van der Waals surface area contributed by atoms with Crippen molar-refractivity contribution in [2.75, 3.05) is 11.9 Å². The first-order valence-corrected chi connectivity index (χ1v) is 8.66. The van der Waals surface area contributed by atoms with Crippen molar-refractivity contribution in [3.8, 4) is 0 Å². The maximum atomic E-state index is 12.8.